The highest BCUT2D eigenvalue weighted by atomic mass is 79.9. The fraction of sp³-hybridized carbons (Fsp3) is 0.250. The molecule has 7 heavy (non-hydrogen) atoms. The molecule has 1 nitrogen and oxygen atoms in total. The molecular formula is C4H3Br2N. The van der Waals surface area contributed by atoms with Gasteiger partial charge >= 0.3 is 0 Å². The SMILES string of the molecule is CC(C#N)=C(Br)Br. The first-order chi connectivity index (χ1) is 3.18. The van der Waals surface area contributed by atoms with Gasteiger partial charge in [-0.1, -0.05) is 0 Å². The van der Waals surface area contributed by atoms with E-state index >= 15 is 0 Å². The van der Waals surface area contributed by atoms with Crippen molar-refractivity contribution in [3.63, 3.8) is 0 Å². The predicted octanol–water partition coefficient (Wildman–Crippen LogP) is 2.53. The summed E-state index contributed by atoms with van der Waals surface area (Å²) in [5, 5.41) is 8.14. The summed E-state index contributed by atoms with van der Waals surface area (Å²) < 4.78 is 0.725. The smallest absolute Gasteiger partial charge is 0.0961 e. The van der Waals surface area contributed by atoms with E-state index in [1.54, 1.807) is 6.92 Å². The van der Waals surface area contributed by atoms with Crippen molar-refractivity contribution in [3.05, 3.63) is 8.96 Å². The highest BCUT2D eigenvalue weighted by Gasteiger charge is 1.87. The van der Waals surface area contributed by atoms with E-state index in [0.717, 1.165) is 3.39 Å². The van der Waals surface area contributed by atoms with Gasteiger partial charge in [-0.15, -0.1) is 0 Å². The summed E-state index contributed by atoms with van der Waals surface area (Å²) in [5.74, 6) is 0. The van der Waals surface area contributed by atoms with Gasteiger partial charge in [0.15, 0.2) is 0 Å². The van der Waals surface area contributed by atoms with Crippen LogP contribution in [0.15, 0.2) is 8.96 Å². The molecule has 0 bridgehead atoms. The summed E-state index contributed by atoms with van der Waals surface area (Å²) in [4.78, 5) is 0. The van der Waals surface area contributed by atoms with E-state index in [1.165, 1.54) is 0 Å². The molecule has 0 N–H and O–H groups in total. The average molecular weight is 225 g/mol. The normalized spacial score (nSPS) is 7.14. The maximum atomic E-state index is 8.14. The quantitative estimate of drug-likeness (QED) is 0.581. The lowest BCUT2D eigenvalue weighted by Crippen LogP contribution is -1.63. The molecule has 0 fully saturated rings. The van der Waals surface area contributed by atoms with Gasteiger partial charge in [0.2, 0.25) is 0 Å². The van der Waals surface area contributed by atoms with E-state index in [1.807, 2.05) is 6.07 Å². The van der Waals surface area contributed by atoms with Gasteiger partial charge in [0.05, 0.1) is 9.46 Å². The number of rotatable bonds is 0. The van der Waals surface area contributed by atoms with Gasteiger partial charge in [0.1, 0.15) is 0 Å². The van der Waals surface area contributed by atoms with Crippen molar-refractivity contribution in [1.82, 2.24) is 0 Å². The van der Waals surface area contributed by atoms with Crippen molar-refractivity contribution in [2.45, 2.75) is 6.92 Å². The molecule has 0 aliphatic rings. The molecule has 0 aromatic rings. The Morgan fingerprint density at radius 3 is 2.00 bits per heavy atom. The fourth-order valence-electron chi connectivity index (χ4n) is 0.0423. The van der Waals surface area contributed by atoms with Gasteiger partial charge in [0.25, 0.3) is 0 Å². The molecule has 3 heteroatoms. The van der Waals surface area contributed by atoms with E-state index in [0.29, 0.717) is 5.57 Å². The van der Waals surface area contributed by atoms with Crippen LogP contribution in [0.5, 0.6) is 0 Å². The number of nitrogens with zero attached hydrogens (tertiary/aromatic N) is 1. The predicted molar refractivity (Wildman–Crippen MR) is 36.2 cm³/mol. The first kappa shape index (κ1) is 7.19. The third-order valence-corrected chi connectivity index (χ3v) is 1.64. The van der Waals surface area contributed by atoms with Crippen molar-refractivity contribution < 1.29 is 0 Å². The third kappa shape index (κ3) is 2.84. The minimum Gasteiger partial charge on any atom is -0.193 e. The van der Waals surface area contributed by atoms with Crippen LogP contribution in [0.2, 0.25) is 0 Å². The molecule has 0 aliphatic carbocycles. The Balaban J connectivity index is 4.07. The molecule has 0 saturated carbocycles. The molecule has 0 spiro atoms. The maximum Gasteiger partial charge on any atom is 0.0961 e. The number of nitriles is 1. The molecule has 0 aromatic heterocycles. The third-order valence-electron chi connectivity index (χ3n) is 0.451. The molecule has 0 atom stereocenters. The first-order valence-electron chi connectivity index (χ1n) is 1.60. The Morgan fingerprint density at radius 2 is 2.00 bits per heavy atom. The van der Waals surface area contributed by atoms with Gasteiger partial charge in [-0.2, -0.15) is 5.26 Å². The Hall–Kier alpha value is 0.190. The van der Waals surface area contributed by atoms with Gasteiger partial charge in [0, 0.05) is 5.57 Å². The van der Waals surface area contributed by atoms with Crippen LogP contribution in [0.25, 0.3) is 0 Å². The molecular weight excluding hydrogens is 222 g/mol. The number of hydrogen-bond donors (Lipinski definition) is 0. The van der Waals surface area contributed by atoms with Crippen LogP contribution in [0.1, 0.15) is 6.92 Å². The number of allylic oxidation sites excluding steroid dienone is 1. The Labute approximate surface area is 59.3 Å². The van der Waals surface area contributed by atoms with Gasteiger partial charge in [-0.3, -0.25) is 0 Å². The summed E-state index contributed by atoms with van der Waals surface area (Å²) in [6, 6.07) is 1.95. The summed E-state index contributed by atoms with van der Waals surface area (Å²) in [7, 11) is 0. The van der Waals surface area contributed by atoms with Crippen molar-refractivity contribution in [3.8, 4) is 6.07 Å². The number of halogens is 2. The summed E-state index contributed by atoms with van der Waals surface area (Å²) in [6.45, 7) is 1.72. The van der Waals surface area contributed by atoms with Crippen molar-refractivity contribution in [2.24, 2.45) is 0 Å². The molecule has 0 amide bonds. The van der Waals surface area contributed by atoms with E-state index in [-0.39, 0.29) is 0 Å². The monoisotopic (exact) mass is 223 g/mol. The zero-order valence-electron chi connectivity index (χ0n) is 3.70. The molecule has 0 aromatic carbocycles. The van der Waals surface area contributed by atoms with Crippen LogP contribution < -0.4 is 0 Å². The summed E-state index contributed by atoms with van der Waals surface area (Å²) >= 11 is 6.15. The van der Waals surface area contributed by atoms with Gasteiger partial charge in [-0.05, 0) is 38.8 Å². The van der Waals surface area contributed by atoms with Gasteiger partial charge in [-0.25, -0.2) is 0 Å². The zero-order chi connectivity index (χ0) is 5.86. The maximum absolute atomic E-state index is 8.14. The lowest BCUT2D eigenvalue weighted by Gasteiger charge is -1.80. The Kier molecular flexibility index (Phi) is 3.31. The Bertz CT molecular complexity index is 127. The Morgan fingerprint density at radius 1 is 1.57 bits per heavy atom. The molecule has 38 valence electrons. The minimum atomic E-state index is 0.653. The molecule has 0 rings (SSSR count). The van der Waals surface area contributed by atoms with E-state index in [2.05, 4.69) is 31.9 Å². The lowest BCUT2D eigenvalue weighted by molar-refractivity contribution is 1.45. The largest absolute Gasteiger partial charge is 0.193 e. The number of hydrogen-bond acceptors (Lipinski definition) is 1. The fourth-order valence-corrected chi connectivity index (χ4v) is 0.220. The van der Waals surface area contributed by atoms with E-state index < -0.39 is 0 Å². The van der Waals surface area contributed by atoms with Crippen molar-refractivity contribution >= 4 is 31.9 Å². The second kappa shape index (κ2) is 3.23. The topological polar surface area (TPSA) is 23.8 Å². The van der Waals surface area contributed by atoms with E-state index in [4.69, 9.17) is 5.26 Å². The zero-order valence-corrected chi connectivity index (χ0v) is 6.88. The van der Waals surface area contributed by atoms with Crippen LogP contribution in [0.3, 0.4) is 0 Å². The highest BCUT2D eigenvalue weighted by Crippen LogP contribution is 2.17. The molecule has 0 aliphatic heterocycles. The summed E-state index contributed by atoms with van der Waals surface area (Å²) in [5.41, 5.74) is 0.653. The van der Waals surface area contributed by atoms with Crippen LogP contribution in [0, 0.1) is 11.3 Å². The minimum absolute atomic E-state index is 0.653. The lowest BCUT2D eigenvalue weighted by atomic mass is 10.4. The molecule has 0 saturated heterocycles. The van der Waals surface area contributed by atoms with Gasteiger partial charge < -0.3 is 0 Å². The first-order valence-corrected chi connectivity index (χ1v) is 3.19. The second-order valence-corrected chi connectivity index (χ2v) is 3.65. The molecule has 0 radical (unpaired) electrons. The summed E-state index contributed by atoms with van der Waals surface area (Å²) in [6.07, 6.45) is 0. The van der Waals surface area contributed by atoms with Crippen molar-refractivity contribution in [2.75, 3.05) is 0 Å². The van der Waals surface area contributed by atoms with E-state index in [9.17, 15) is 0 Å². The van der Waals surface area contributed by atoms with Crippen LogP contribution in [0.4, 0.5) is 0 Å². The van der Waals surface area contributed by atoms with Crippen LogP contribution >= 0.6 is 31.9 Å². The van der Waals surface area contributed by atoms with Crippen molar-refractivity contribution in [1.29, 1.82) is 5.26 Å². The molecule has 0 heterocycles. The van der Waals surface area contributed by atoms with Crippen LogP contribution in [-0.4, -0.2) is 0 Å². The van der Waals surface area contributed by atoms with Crippen LogP contribution in [-0.2, 0) is 0 Å². The molecule has 0 unspecified atom stereocenters. The standard InChI is InChI=1S/C4H3Br2N/c1-3(2-7)4(5)6/h1H3. The second-order valence-electron chi connectivity index (χ2n) is 0.997. The highest BCUT2D eigenvalue weighted by molar-refractivity contribution is 9.28. The average Bonchev–Trinajstić information content (AvgIpc) is 1.65.